The number of hydrogen-bond donors (Lipinski definition) is 2. The highest BCUT2D eigenvalue weighted by atomic mass is 16.5. The van der Waals surface area contributed by atoms with Gasteiger partial charge in [-0.1, -0.05) is 6.92 Å². The van der Waals surface area contributed by atoms with Crippen molar-refractivity contribution in [3.05, 3.63) is 0 Å². The Hall–Kier alpha value is -0.650. The van der Waals surface area contributed by atoms with Gasteiger partial charge in [-0.2, -0.15) is 0 Å². The van der Waals surface area contributed by atoms with Gasteiger partial charge in [0, 0.05) is 19.1 Å². The summed E-state index contributed by atoms with van der Waals surface area (Å²) in [5, 5.41) is 12.4. The summed E-state index contributed by atoms with van der Waals surface area (Å²) in [6, 6.07) is 0.344. The summed E-state index contributed by atoms with van der Waals surface area (Å²) in [6.45, 7) is 9.38. The molecule has 1 fully saturated rings. The second-order valence-corrected chi connectivity index (χ2v) is 5.65. The molecular weight excluding hydrogens is 232 g/mol. The van der Waals surface area contributed by atoms with Gasteiger partial charge in [-0.15, -0.1) is 0 Å². The number of carbonyl (C=O) groups is 1. The standard InChI is InChI=1S/C13H26N2O3/c1-5-10(2)14-6-12(17)15-7-11(8-16)18-13(3,4)9-15/h10-11,14,16H,5-9H2,1-4H3. The van der Waals surface area contributed by atoms with Crippen molar-refractivity contribution in [3.8, 4) is 0 Å². The molecule has 0 radical (unpaired) electrons. The molecule has 18 heavy (non-hydrogen) atoms. The Labute approximate surface area is 109 Å². The van der Waals surface area contributed by atoms with Crippen LogP contribution in [0.2, 0.25) is 0 Å². The zero-order chi connectivity index (χ0) is 13.8. The SMILES string of the molecule is CCC(C)NCC(=O)N1CC(CO)OC(C)(C)C1. The Bertz CT molecular complexity index is 281. The molecule has 1 heterocycles. The van der Waals surface area contributed by atoms with E-state index in [0.29, 0.717) is 25.7 Å². The predicted molar refractivity (Wildman–Crippen MR) is 70.4 cm³/mol. The van der Waals surface area contributed by atoms with E-state index in [1.165, 1.54) is 0 Å². The molecule has 2 unspecified atom stereocenters. The Kier molecular flexibility index (Phi) is 5.56. The number of morpholine rings is 1. The Morgan fingerprint density at radius 1 is 1.61 bits per heavy atom. The van der Waals surface area contributed by atoms with E-state index in [4.69, 9.17) is 4.74 Å². The summed E-state index contributed by atoms with van der Waals surface area (Å²) in [5.74, 6) is 0.0742. The molecule has 1 aliphatic rings. The minimum atomic E-state index is -0.391. The number of aliphatic hydroxyl groups excluding tert-OH is 1. The maximum Gasteiger partial charge on any atom is 0.236 e. The number of nitrogens with zero attached hydrogens (tertiary/aromatic N) is 1. The minimum absolute atomic E-state index is 0.0496. The van der Waals surface area contributed by atoms with Crippen molar-refractivity contribution in [1.29, 1.82) is 0 Å². The largest absolute Gasteiger partial charge is 0.394 e. The topological polar surface area (TPSA) is 61.8 Å². The summed E-state index contributed by atoms with van der Waals surface area (Å²) in [5.41, 5.74) is -0.391. The lowest BCUT2D eigenvalue weighted by molar-refractivity contribution is -0.166. The molecule has 0 aromatic carbocycles. The predicted octanol–water partition coefficient (Wildman–Crippen LogP) is 0.373. The van der Waals surface area contributed by atoms with E-state index < -0.39 is 5.60 Å². The van der Waals surface area contributed by atoms with Crippen molar-refractivity contribution in [2.24, 2.45) is 0 Å². The zero-order valence-electron chi connectivity index (χ0n) is 11.9. The van der Waals surface area contributed by atoms with Crippen molar-refractivity contribution in [3.63, 3.8) is 0 Å². The van der Waals surface area contributed by atoms with Gasteiger partial charge in [0.2, 0.25) is 5.91 Å². The number of rotatable bonds is 5. The van der Waals surface area contributed by atoms with Crippen LogP contribution in [0.25, 0.3) is 0 Å². The van der Waals surface area contributed by atoms with Crippen LogP contribution in [0.3, 0.4) is 0 Å². The molecular formula is C13H26N2O3. The number of ether oxygens (including phenoxy) is 1. The molecule has 1 rings (SSSR count). The smallest absolute Gasteiger partial charge is 0.236 e. The van der Waals surface area contributed by atoms with Crippen molar-refractivity contribution < 1.29 is 14.6 Å². The van der Waals surface area contributed by atoms with Crippen molar-refractivity contribution in [2.75, 3.05) is 26.2 Å². The summed E-state index contributed by atoms with van der Waals surface area (Å²) in [7, 11) is 0. The van der Waals surface area contributed by atoms with Crippen molar-refractivity contribution >= 4 is 5.91 Å². The lowest BCUT2D eigenvalue weighted by atomic mass is 10.1. The first-order valence-corrected chi connectivity index (χ1v) is 6.67. The summed E-state index contributed by atoms with van der Waals surface area (Å²) < 4.78 is 5.69. The van der Waals surface area contributed by atoms with Gasteiger partial charge in [0.25, 0.3) is 0 Å². The lowest BCUT2D eigenvalue weighted by Crippen LogP contribution is -2.57. The Balaban J connectivity index is 2.51. The fraction of sp³-hybridized carbons (Fsp3) is 0.923. The Morgan fingerprint density at radius 2 is 2.28 bits per heavy atom. The summed E-state index contributed by atoms with van der Waals surface area (Å²) >= 11 is 0. The van der Waals surface area contributed by atoms with Crippen LogP contribution in [0.15, 0.2) is 0 Å². The number of hydrogen-bond acceptors (Lipinski definition) is 4. The molecule has 0 aromatic heterocycles. The van der Waals surface area contributed by atoms with E-state index in [9.17, 15) is 9.90 Å². The first-order valence-electron chi connectivity index (χ1n) is 6.67. The number of aliphatic hydroxyl groups is 1. The van der Waals surface area contributed by atoms with Crippen LogP contribution in [0.1, 0.15) is 34.1 Å². The second-order valence-electron chi connectivity index (χ2n) is 5.65. The van der Waals surface area contributed by atoms with Crippen LogP contribution < -0.4 is 5.32 Å². The average Bonchev–Trinajstić information content (AvgIpc) is 2.33. The number of carbonyl (C=O) groups excluding carboxylic acids is 1. The van der Waals surface area contributed by atoms with E-state index in [2.05, 4.69) is 19.2 Å². The van der Waals surface area contributed by atoms with Gasteiger partial charge < -0.3 is 20.1 Å². The third kappa shape index (κ3) is 4.55. The van der Waals surface area contributed by atoms with E-state index in [0.717, 1.165) is 6.42 Å². The third-order valence-electron chi connectivity index (χ3n) is 3.25. The van der Waals surface area contributed by atoms with Crippen molar-refractivity contribution in [2.45, 2.75) is 51.9 Å². The molecule has 0 aromatic rings. The van der Waals surface area contributed by atoms with Gasteiger partial charge in [0.15, 0.2) is 0 Å². The van der Waals surface area contributed by atoms with Gasteiger partial charge in [0.05, 0.1) is 24.9 Å². The van der Waals surface area contributed by atoms with Crippen LogP contribution in [0.4, 0.5) is 0 Å². The fourth-order valence-electron chi connectivity index (χ4n) is 2.10. The van der Waals surface area contributed by atoms with E-state index in [-0.39, 0.29) is 18.6 Å². The molecule has 1 aliphatic heterocycles. The normalized spacial score (nSPS) is 24.9. The first kappa shape index (κ1) is 15.4. The van der Waals surface area contributed by atoms with E-state index >= 15 is 0 Å². The highest BCUT2D eigenvalue weighted by molar-refractivity contribution is 5.78. The van der Waals surface area contributed by atoms with Crippen LogP contribution >= 0.6 is 0 Å². The quantitative estimate of drug-likeness (QED) is 0.748. The first-order chi connectivity index (χ1) is 8.38. The maximum absolute atomic E-state index is 12.1. The van der Waals surface area contributed by atoms with Crippen LogP contribution in [0, 0.1) is 0 Å². The van der Waals surface area contributed by atoms with E-state index in [1.807, 2.05) is 13.8 Å². The number of amides is 1. The molecule has 0 bridgehead atoms. The number of nitrogens with one attached hydrogen (secondary N) is 1. The lowest BCUT2D eigenvalue weighted by Gasteiger charge is -2.42. The van der Waals surface area contributed by atoms with Gasteiger partial charge >= 0.3 is 0 Å². The molecule has 5 heteroatoms. The molecule has 0 spiro atoms. The molecule has 106 valence electrons. The molecule has 1 saturated heterocycles. The monoisotopic (exact) mass is 258 g/mol. The second kappa shape index (κ2) is 6.50. The van der Waals surface area contributed by atoms with Crippen molar-refractivity contribution in [1.82, 2.24) is 10.2 Å². The van der Waals surface area contributed by atoms with Gasteiger partial charge in [-0.05, 0) is 27.2 Å². The molecule has 2 N–H and O–H groups in total. The molecule has 0 saturated carbocycles. The third-order valence-corrected chi connectivity index (χ3v) is 3.25. The van der Waals surface area contributed by atoms with Crippen LogP contribution in [-0.4, -0.2) is 59.9 Å². The summed E-state index contributed by atoms with van der Waals surface area (Å²) in [4.78, 5) is 13.9. The van der Waals surface area contributed by atoms with E-state index in [1.54, 1.807) is 4.90 Å². The maximum atomic E-state index is 12.1. The average molecular weight is 258 g/mol. The molecule has 2 atom stereocenters. The van der Waals surface area contributed by atoms with Gasteiger partial charge in [0.1, 0.15) is 0 Å². The highest BCUT2D eigenvalue weighted by Gasteiger charge is 2.35. The zero-order valence-corrected chi connectivity index (χ0v) is 11.9. The summed E-state index contributed by atoms with van der Waals surface area (Å²) in [6.07, 6.45) is 0.725. The molecule has 5 nitrogen and oxygen atoms in total. The van der Waals surface area contributed by atoms with Crippen LogP contribution in [0.5, 0.6) is 0 Å². The van der Waals surface area contributed by atoms with Crippen LogP contribution in [-0.2, 0) is 9.53 Å². The highest BCUT2D eigenvalue weighted by Crippen LogP contribution is 2.20. The Morgan fingerprint density at radius 3 is 2.83 bits per heavy atom. The molecule has 1 amide bonds. The minimum Gasteiger partial charge on any atom is -0.394 e. The molecule has 0 aliphatic carbocycles. The van der Waals surface area contributed by atoms with Gasteiger partial charge in [-0.3, -0.25) is 4.79 Å². The fourth-order valence-corrected chi connectivity index (χ4v) is 2.10. The van der Waals surface area contributed by atoms with Gasteiger partial charge in [-0.25, -0.2) is 0 Å².